The number of rotatable bonds is 7. The van der Waals surface area contributed by atoms with E-state index >= 15 is 0 Å². The molecule has 0 aliphatic carbocycles. The number of nitrogens with one attached hydrogen (secondary N) is 1. The van der Waals surface area contributed by atoms with Gasteiger partial charge in [-0.3, -0.25) is 4.79 Å². The number of nitrogens with zero attached hydrogens (tertiary/aromatic N) is 3. The van der Waals surface area contributed by atoms with Crippen LogP contribution >= 0.6 is 11.8 Å². The third-order valence-electron chi connectivity index (χ3n) is 5.09. The third kappa shape index (κ3) is 5.61. The molecule has 2 aromatic carbocycles. The van der Waals surface area contributed by atoms with E-state index in [0.717, 1.165) is 28.5 Å². The summed E-state index contributed by atoms with van der Waals surface area (Å²) in [4.78, 5) is 12.7. The smallest absolute Gasteiger partial charge is 0.277 e. The second kappa shape index (κ2) is 10.0. The molecule has 0 unspecified atom stereocenters. The number of amides is 1. The van der Waals surface area contributed by atoms with Crippen molar-refractivity contribution >= 4 is 33.4 Å². The van der Waals surface area contributed by atoms with Crippen LogP contribution in [0, 0.1) is 13.8 Å². The number of benzene rings is 2. The lowest BCUT2D eigenvalue weighted by Crippen LogP contribution is -2.40. The molecule has 4 rings (SSSR count). The largest absolute Gasteiger partial charge is 0.411 e. The average molecular weight is 489 g/mol. The molecule has 1 fully saturated rings. The van der Waals surface area contributed by atoms with Gasteiger partial charge in [-0.2, -0.15) is 4.31 Å². The summed E-state index contributed by atoms with van der Waals surface area (Å²) >= 11 is 1.11. The highest BCUT2D eigenvalue weighted by molar-refractivity contribution is 7.99. The first-order valence-corrected chi connectivity index (χ1v) is 12.8. The SMILES string of the molecule is Cc1cccc(-c2nnc(SCC(=O)Nc3cc(S(=O)(=O)N4CCOCC4)ccc3C)o2)c1. The third-order valence-corrected chi connectivity index (χ3v) is 7.80. The van der Waals surface area contributed by atoms with E-state index in [1.807, 2.05) is 31.2 Å². The normalized spacial score (nSPS) is 14.8. The summed E-state index contributed by atoms with van der Waals surface area (Å²) < 4.78 is 38.1. The van der Waals surface area contributed by atoms with Crippen molar-refractivity contribution in [3.05, 3.63) is 53.6 Å². The number of aryl methyl sites for hydroxylation is 2. The van der Waals surface area contributed by atoms with Crippen LogP contribution in [0.2, 0.25) is 0 Å². The highest BCUT2D eigenvalue weighted by Crippen LogP contribution is 2.26. The average Bonchev–Trinajstić information content (AvgIpc) is 3.29. The molecule has 1 N–H and O–H groups in total. The summed E-state index contributed by atoms with van der Waals surface area (Å²) in [6.07, 6.45) is 0. The summed E-state index contributed by atoms with van der Waals surface area (Å²) in [5, 5.41) is 11.1. The van der Waals surface area contributed by atoms with Crippen molar-refractivity contribution in [3.63, 3.8) is 0 Å². The van der Waals surface area contributed by atoms with Crippen LogP contribution in [0.4, 0.5) is 5.69 Å². The molecule has 11 heteroatoms. The van der Waals surface area contributed by atoms with Gasteiger partial charge in [-0.15, -0.1) is 10.2 Å². The molecule has 1 aliphatic rings. The van der Waals surface area contributed by atoms with Crippen LogP contribution in [0.1, 0.15) is 11.1 Å². The molecule has 1 amide bonds. The standard InChI is InChI=1S/C22H24N4O5S2/c1-15-4-3-5-17(12-15)21-24-25-22(31-21)32-14-20(27)23-19-13-18(7-6-16(19)2)33(28,29)26-8-10-30-11-9-26/h3-7,12-13H,8-11,14H2,1-2H3,(H,23,27). The molecule has 1 aromatic heterocycles. The van der Waals surface area contributed by atoms with Gasteiger partial charge in [0.1, 0.15) is 0 Å². The summed E-state index contributed by atoms with van der Waals surface area (Å²) in [7, 11) is -3.66. The van der Waals surface area contributed by atoms with Crippen LogP contribution in [-0.2, 0) is 19.6 Å². The Labute approximate surface area is 196 Å². The Kier molecular flexibility index (Phi) is 7.13. The molecule has 9 nitrogen and oxygen atoms in total. The van der Waals surface area contributed by atoms with E-state index in [-0.39, 0.29) is 21.8 Å². The summed E-state index contributed by atoms with van der Waals surface area (Å²) in [6.45, 7) is 5.13. The maximum atomic E-state index is 12.9. The number of sulfonamides is 1. The molecule has 0 bridgehead atoms. The zero-order chi connectivity index (χ0) is 23.4. The molecule has 1 saturated heterocycles. The van der Waals surface area contributed by atoms with Crippen molar-refractivity contribution in [1.29, 1.82) is 0 Å². The summed E-state index contributed by atoms with van der Waals surface area (Å²) in [6, 6.07) is 12.4. The first kappa shape index (κ1) is 23.4. The molecule has 0 saturated carbocycles. The number of thioether (sulfide) groups is 1. The van der Waals surface area contributed by atoms with Crippen LogP contribution < -0.4 is 5.32 Å². The van der Waals surface area contributed by atoms with E-state index < -0.39 is 10.0 Å². The van der Waals surface area contributed by atoms with Crippen LogP contribution in [0.25, 0.3) is 11.5 Å². The Balaban J connectivity index is 1.40. The van der Waals surface area contributed by atoms with Gasteiger partial charge in [-0.25, -0.2) is 8.42 Å². The van der Waals surface area contributed by atoms with Gasteiger partial charge in [0.05, 0.1) is 23.9 Å². The lowest BCUT2D eigenvalue weighted by atomic mass is 10.1. The molecule has 2 heterocycles. The maximum Gasteiger partial charge on any atom is 0.277 e. The first-order chi connectivity index (χ1) is 15.8. The van der Waals surface area contributed by atoms with E-state index in [1.165, 1.54) is 10.4 Å². The predicted molar refractivity (Wildman–Crippen MR) is 125 cm³/mol. The molecule has 0 atom stereocenters. The van der Waals surface area contributed by atoms with Crippen molar-refractivity contribution in [2.45, 2.75) is 24.0 Å². The maximum absolute atomic E-state index is 12.9. The van der Waals surface area contributed by atoms with Gasteiger partial charge in [-0.05, 0) is 43.7 Å². The number of hydrogen-bond donors (Lipinski definition) is 1. The van der Waals surface area contributed by atoms with E-state index in [4.69, 9.17) is 9.15 Å². The van der Waals surface area contributed by atoms with E-state index in [2.05, 4.69) is 15.5 Å². The van der Waals surface area contributed by atoms with Crippen LogP contribution in [0.5, 0.6) is 0 Å². The van der Waals surface area contributed by atoms with E-state index in [1.54, 1.807) is 19.1 Å². The zero-order valence-corrected chi connectivity index (χ0v) is 19.9. The summed E-state index contributed by atoms with van der Waals surface area (Å²) in [5.74, 6) is 0.118. The van der Waals surface area contributed by atoms with Crippen LogP contribution in [-0.4, -0.2) is 60.9 Å². The number of hydrogen-bond acceptors (Lipinski definition) is 8. The minimum absolute atomic E-state index is 0.0370. The highest BCUT2D eigenvalue weighted by Gasteiger charge is 2.27. The van der Waals surface area contributed by atoms with Gasteiger partial charge < -0.3 is 14.5 Å². The van der Waals surface area contributed by atoms with Gasteiger partial charge in [0.25, 0.3) is 5.22 Å². The monoisotopic (exact) mass is 488 g/mol. The minimum atomic E-state index is -3.66. The lowest BCUT2D eigenvalue weighted by molar-refractivity contribution is -0.113. The zero-order valence-electron chi connectivity index (χ0n) is 18.3. The fourth-order valence-electron chi connectivity index (χ4n) is 3.31. The quantitative estimate of drug-likeness (QED) is 0.505. The minimum Gasteiger partial charge on any atom is -0.411 e. The topological polar surface area (TPSA) is 115 Å². The fourth-order valence-corrected chi connectivity index (χ4v) is 5.31. The van der Waals surface area contributed by atoms with E-state index in [0.29, 0.717) is 37.9 Å². The Hall–Kier alpha value is -2.73. The van der Waals surface area contributed by atoms with Crippen molar-refractivity contribution in [3.8, 4) is 11.5 Å². The Morgan fingerprint density at radius 3 is 2.67 bits per heavy atom. The number of anilines is 1. The van der Waals surface area contributed by atoms with Gasteiger partial charge in [0, 0.05) is 24.3 Å². The molecular weight excluding hydrogens is 464 g/mol. The van der Waals surface area contributed by atoms with E-state index in [9.17, 15) is 13.2 Å². The molecule has 0 radical (unpaired) electrons. The molecule has 3 aromatic rings. The number of ether oxygens (including phenoxy) is 1. The molecular formula is C22H24N4O5S2. The predicted octanol–water partition coefficient (Wildman–Crippen LogP) is 3.11. The van der Waals surface area contributed by atoms with Crippen molar-refractivity contribution in [2.75, 3.05) is 37.4 Å². The van der Waals surface area contributed by atoms with Crippen molar-refractivity contribution < 1.29 is 22.4 Å². The number of carbonyl (C=O) groups excluding carboxylic acids is 1. The van der Waals surface area contributed by atoms with Crippen molar-refractivity contribution in [2.24, 2.45) is 0 Å². The van der Waals surface area contributed by atoms with Crippen LogP contribution in [0.3, 0.4) is 0 Å². The highest BCUT2D eigenvalue weighted by atomic mass is 32.2. The second-order valence-electron chi connectivity index (χ2n) is 7.57. The van der Waals surface area contributed by atoms with Gasteiger partial charge >= 0.3 is 0 Å². The number of carbonyl (C=O) groups is 1. The molecule has 1 aliphatic heterocycles. The Morgan fingerprint density at radius 2 is 1.91 bits per heavy atom. The fraction of sp³-hybridized carbons (Fsp3) is 0.318. The Bertz CT molecular complexity index is 1250. The summed E-state index contributed by atoms with van der Waals surface area (Å²) in [5.41, 5.74) is 3.09. The Morgan fingerprint density at radius 1 is 1.12 bits per heavy atom. The molecule has 0 spiro atoms. The number of morpholine rings is 1. The second-order valence-corrected chi connectivity index (χ2v) is 10.4. The van der Waals surface area contributed by atoms with Crippen molar-refractivity contribution in [1.82, 2.24) is 14.5 Å². The molecule has 174 valence electrons. The number of aromatic nitrogens is 2. The van der Waals surface area contributed by atoms with Crippen LogP contribution in [0.15, 0.2) is 57.0 Å². The van der Waals surface area contributed by atoms with Gasteiger partial charge in [0.2, 0.25) is 21.8 Å². The van der Waals surface area contributed by atoms with Gasteiger partial charge in [-0.1, -0.05) is 35.5 Å². The first-order valence-electron chi connectivity index (χ1n) is 10.3. The van der Waals surface area contributed by atoms with Gasteiger partial charge in [0.15, 0.2) is 0 Å². The lowest BCUT2D eigenvalue weighted by Gasteiger charge is -2.26. The molecule has 33 heavy (non-hydrogen) atoms.